The molecule has 0 saturated carbocycles. The van der Waals surface area contributed by atoms with E-state index in [0.29, 0.717) is 18.1 Å². The fourth-order valence-corrected chi connectivity index (χ4v) is 2.45. The lowest BCUT2D eigenvalue weighted by molar-refractivity contribution is -0.118. The maximum Gasteiger partial charge on any atom is 0.263 e. The summed E-state index contributed by atoms with van der Waals surface area (Å²) in [5.74, 6) is 1.21. The predicted molar refractivity (Wildman–Crippen MR) is 99.2 cm³/mol. The van der Waals surface area contributed by atoms with Crippen LogP contribution >= 0.6 is 15.9 Å². The van der Waals surface area contributed by atoms with Crippen LogP contribution in [0.4, 0.5) is 5.82 Å². The second kappa shape index (κ2) is 8.48. The quantitative estimate of drug-likeness (QED) is 0.626. The summed E-state index contributed by atoms with van der Waals surface area (Å²) >= 11 is 3.34. The van der Waals surface area contributed by atoms with Gasteiger partial charge in [-0.2, -0.15) is 0 Å². The molecule has 0 aliphatic carbocycles. The van der Waals surface area contributed by atoms with E-state index in [9.17, 15) is 4.79 Å². The smallest absolute Gasteiger partial charge is 0.263 e. The van der Waals surface area contributed by atoms with Crippen LogP contribution in [0.2, 0.25) is 0 Å². The van der Waals surface area contributed by atoms with E-state index in [1.54, 1.807) is 12.1 Å². The molecular formula is C18H16BrN3O4. The van der Waals surface area contributed by atoms with Crippen molar-refractivity contribution in [3.8, 4) is 22.8 Å². The first kappa shape index (κ1) is 17.9. The van der Waals surface area contributed by atoms with Crippen molar-refractivity contribution < 1.29 is 18.9 Å². The fourth-order valence-electron chi connectivity index (χ4n) is 2.18. The number of hydrogen-bond donors (Lipinski definition) is 1. The Morgan fingerprint density at radius 2 is 1.69 bits per heavy atom. The number of aromatic nitrogens is 2. The molecule has 1 heterocycles. The fraction of sp³-hybridized carbons (Fsp3) is 0.167. The summed E-state index contributed by atoms with van der Waals surface area (Å²) in [5.41, 5.74) is 1.18. The zero-order valence-corrected chi connectivity index (χ0v) is 15.5. The molecule has 0 bridgehead atoms. The minimum absolute atomic E-state index is 0.156. The molecule has 0 aliphatic heterocycles. The molecule has 0 atom stereocenters. The number of carbonyl (C=O) groups is 1. The van der Waals surface area contributed by atoms with Crippen LogP contribution in [0.1, 0.15) is 6.92 Å². The van der Waals surface area contributed by atoms with E-state index in [1.807, 2.05) is 43.3 Å². The number of rotatable bonds is 7. The van der Waals surface area contributed by atoms with E-state index in [-0.39, 0.29) is 18.3 Å². The van der Waals surface area contributed by atoms with Crippen molar-refractivity contribution in [1.29, 1.82) is 0 Å². The average molecular weight is 418 g/mol. The maximum absolute atomic E-state index is 12.1. The minimum atomic E-state index is -0.365. The van der Waals surface area contributed by atoms with Gasteiger partial charge in [-0.3, -0.25) is 4.79 Å². The third kappa shape index (κ3) is 4.60. The summed E-state index contributed by atoms with van der Waals surface area (Å²) in [7, 11) is 0. The Labute approximate surface area is 158 Å². The number of anilines is 1. The number of benzene rings is 2. The molecule has 7 nitrogen and oxygen atoms in total. The van der Waals surface area contributed by atoms with Crippen molar-refractivity contribution in [2.45, 2.75) is 6.92 Å². The van der Waals surface area contributed by atoms with Crippen LogP contribution in [0.5, 0.6) is 11.5 Å². The van der Waals surface area contributed by atoms with Gasteiger partial charge in [-0.25, -0.2) is 4.63 Å². The van der Waals surface area contributed by atoms with Crippen LogP contribution in [-0.4, -0.2) is 29.4 Å². The van der Waals surface area contributed by atoms with Crippen LogP contribution in [-0.2, 0) is 4.79 Å². The van der Waals surface area contributed by atoms with E-state index in [0.717, 1.165) is 15.8 Å². The molecule has 1 amide bonds. The zero-order chi connectivity index (χ0) is 18.4. The van der Waals surface area contributed by atoms with Gasteiger partial charge in [-0.1, -0.05) is 15.9 Å². The molecule has 0 fully saturated rings. The normalized spacial score (nSPS) is 10.4. The zero-order valence-electron chi connectivity index (χ0n) is 13.9. The summed E-state index contributed by atoms with van der Waals surface area (Å²) in [6, 6.07) is 14.5. The first-order valence-electron chi connectivity index (χ1n) is 7.89. The van der Waals surface area contributed by atoms with Crippen LogP contribution in [0.15, 0.2) is 57.6 Å². The molecule has 0 unspecified atom stereocenters. The van der Waals surface area contributed by atoms with Gasteiger partial charge in [0.05, 0.1) is 6.61 Å². The van der Waals surface area contributed by atoms with Gasteiger partial charge < -0.3 is 14.8 Å². The Balaban J connectivity index is 1.62. The number of nitrogens with one attached hydrogen (secondary N) is 1. The van der Waals surface area contributed by atoms with Gasteiger partial charge in [0, 0.05) is 10.0 Å². The second-order valence-corrected chi connectivity index (χ2v) is 6.13. The first-order valence-corrected chi connectivity index (χ1v) is 8.69. The molecule has 0 aliphatic rings. The summed E-state index contributed by atoms with van der Waals surface area (Å²) in [5, 5.41) is 10.2. The Morgan fingerprint density at radius 3 is 2.38 bits per heavy atom. The van der Waals surface area contributed by atoms with Crippen molar-refractivity contribution in [2.75, 3.05) is 18.5 Å². The molecule has 0 spiro atoms. The molecule has 1 aromatic heterocycles. The summed E-state index contributed by atoms with van der Waals surface area (Å²) in [6.07, 6.45) is 0. The lowest BCUT2D eigenvalue weighted by Crippen LogP contribution is -2.20. The number of ether oxygens (including phenoxy) is 2. The number of carbonyl (C=O) groups excluding carboxylic acids is 1. The van der Waals surface area contributed by atoms with Gasteiger partial charge in [0.25, 0.3) is 5.91 Å². The molecule has 3 rings (SSSR count). The minimum Gasteiger partial charge on any atom is -0.494 e. The van der Waals surface area contributed by atoms with Crippen LogP contribution in [0.3, 0.4) is 0 Å². The van der Waals surface area contributed by atoms with Gasteiger partial charge in [0.1, 0.15) is 11.5 Å². The molecular weight excluding hydrogens is 402 g/mol. The van der Waals surface area contributed by atoms with Gasteiger partial charge in [-0.05, 0) is 65.8 Å². The number of amides is 1. The lowest BCUT2D eigenvalue weighted by Gasteiger charge is -2.07. The Kier molecular flexibility index (Phi) is 5.85. The van der Waals surface area contributed by atoms with Gasteiger partial charge in [0.2, 0.25) is 5.82 Å². The van der Waals surface area contributed by atoms with Crippen molar-refractivity contribution >= 4 is 27.7 Å². The molecule has 2 aromatic carbocycles. The van der Waals surface area contributed by atoms with Crippen molar-refractivity contribution in [2.24, 2.45) is 0 Å². The topological polar surface area (TPSA) is 86.5 Å². The van der Waals surface area contributed by atoms with Crippen molar-refractivity contribution in [3.63, 3.8) is 0 Å². The highest BCUT2D eigenvalue weighted by Crippen LogP contribution is 2.26. The molecule has 0 saturated heterocycles. The molecule has 1 N–H and O–H groups in total. The average Bonchev–Trinajstić information content (AvgIpc) is 3.10. The predicted octanol–water partition coefficient (Wildman–Crippen LogP) is 3.92. The molecule has 8 heteroatoms. The van der Waals surface area contributed by atoms with Crippen LogP contribution in [0, 0.1) is 0 Å². The SMILES string of the molecule is CCOc1ccc(-c2nonc2NC(=O)COc2ccc(Br)cc2)cc1. The number of halogens is 1. The lowest BCUT2D eigenvalue weighted by atomic mass is 10.1. The standard InChI is InChI=1S/C18H16BrN3O4/c1-2-24-14-7-3-12(4-8-14)17-18(22-26-21-17)20-16(23)11-25-15-9-5-13(19)6-10-15/h3-10H,2,11H2,1H3,(H,20,22,23). The summed E-state index contributed by atoms with van der Waals surface area (Å²) in [6.45, 7) is 2.35. The number of nitrogens with zero attached hydrogens (tertiary/aromatic N) is 2. The van der Waals surface area contributed by atoms with E-state index >= 15 is 0 Å². The molecule has 134 valence electrons. The van der Waals surface area contributed by atoms with E-state index in [2.05, 4.69) is 31.6 Å². The highest BCUT2D eigenvalue weighted by molar-refractivity contribution is 9.10. The van der Waals surface area contributed by atoms with E-state index in [4.69, 9.17) is 14.1 Å². The third-order valence-electron chi connectivity index (χ3n) is 3.37. The van der Waals surface area contributed by atoms with Gasteiger partial charge >= 0.3 is 0 Å². The molecule has 0 radical (unpaired) electrons. The first-order chi connectivity index (χ1) is 12.7. The van der Waals surface area contributed by atoms with Gasteiger partial charge in [-0.15, -0.1) is 0 Å². The number of hydrogen-bond acceptors (Lipinski definition) is 6. The second-order valence-electron chi connectivity index (χ2n) is 5.21. The Bertz CT molecular complexity index is 863. The highest BCUT2D eigenvalue weighted by Gasteiger charge is 2.15. The van der Waals surface area contributed by atoms with Crippen LogP contribution < -0.4 is 14.8 Å². The Hall–Kier alpha value is -2.87. The third-order valence-corrected chi connectivity index (χ3v) is 3.90. The van der Waals surface area contributed by atoms with Gasteiger partial charge in [0.15, 0.2) is 12.3 Å². The Morgan fingerprint density at radius 1 is 1.04 bits per heavy atom. The molecule has 26 heavy (non-hydrogen) atoms. The van der Waals surface area contributed by atoms with Crippen molar-refractivity contribution in [3.05, 3.63) is 53.0 Å². The summed E-state index contributed by atoms with van der Waals surface area (Å²) < 4.78 is 16.5. The van der Waals surface area contributed by atoms with Crippen molar-refractivity contribution in [1.82, 2.24) is 10.3 Å². The highest BCUT2D eigenvalue weighted by atomic mass is 79.9. The summed E-state index contributed by atoms with van der Waals surface area (Å²) in [4.78, 5) is 12.1. The molecule has 3 aromatic rings. The maximum atomic E-state index is 12.1. The van der Waals surface area contributed by atoms with Crippen LogP contribution in [0.25, 0.3) is 11.3 Å². The van der Waals surface area contributed by atoms with E-state index < -0.39 is 0 Å². The monoisotopic (exact) mass is 417 g/mol. The van der Waals surface area contributed by atoms with E-state index in [1.165, 1.54) is 0 Å². The largest absolute Gasteiger partial charge is 0.494 e.